The second kappa shape index (κ2) is 6.96. The third-order valence-electron chi connectivity index (χ3n) is 3.43. The Morgan fingerprint density at radius 3 is 2.74 bits per heavy atom. The molecule has 2 heterocycles. The second-order valence-corrected chi connectivity index (χ2v) is 5.51. The van der Waals surface area contributed by atoms with Crippen LogP contribution in [-0.2, 0) is 0 Å². The van der Waals surface area contributed by atoms with E-state index < -0.39 is 0 Å². The van der Waals surface area contributed by atoms with Crippen LogP contribution in [0, 0.1) is 5.92 Å². The van der Waals surface area contributed by atoms with Crippen LogP contribution in [0.15, 0.2) is 11.2 Å². The Balaban J connectivity index is 2.12. The van der Waals surface area contributed by atoms with Crippen LogP contribution in [0.4, 0.5) is 11.6 Å². The lowest BCUT2D eigenvalue weighted by Gasteiger charge is -2.32. The van der Waals surface area contributed by atoms with Crippen molar-refractivity contribution in [3.63, 3.8) is 0 Å². The van der Waals surface area contributed by atoms with Crippen molar-refractivity contribution in [2.75, 3.05) is 42.7 Å². The number of thioether (sulfide) groups is 1. The van der Waals surface area contributed by atoms with Crippen molar-refractivity contribution in [3.8, 4) is 0 Å². The van der Waals surface area contributed by atoms with Crippen molar-refractivity contribution in [2.24, 2.45) is 5.92 Å². The van der Waals surface area contributed by atoms with Crippen molar-refractivity contribution >= 4 is 23.4 Å². The topological polar surface area (TPSA) is 61.3 Å². The summed E-state index contributed by atoms with van der Waals surface area (Å²) in [6.45, 7) is 5.14. The first-order valence-electron chi connectivity index (χ1n) is 6.79. The molecule has 5 nitrogen and oxygen atoms in total. The Hall–Kier alpha value is -1.01. The van der Waals surface area contributed by atoms with Crippen LogP contribution in [0.5, 0.6) is 0 Å². The lowest BCUT2D eigenvalue weighted by Crippen LogP contribution is -2.35. The zero-order valence-electron chi connectivity index (χ0n) is 11.6. The molecule has 0 aliphatic carbocycles. The number of aromatic nitrogens is 2. The molecule has 1 aromatic heterocycles. The summed E-state index contributed by atoms with van der Waals surface area (Å²) in [6, 6.07) is 2.02. The highest BCUT2D eigenvalue weighted by Gasteiger charge is 2.20. The number of aliphatic hydroxyl groups excluding tert-OH is 1. The van der Waals surface area contributed by atoms with Gasteiger partial charge in [-0.3, -0.25) is 0 Å². The first-order chi connectivity index (χ1) is 9.26. The molecule has 1 aliphatic heterocycles. The minimum absolute atomic E-state index is 0.302. The molecule has 0 bridgehead atoms. The molecule has 1 aromatic rings. The van der Waals surface area contributed by atoms with E-state index in [2.05, 4.69) is 27.1 Å². The number of rotatable bonds is 5. The van der Waals surface area contributed by atoms with E-state index in [-0.39, 0.29) is 0 Å². The molecule has 6 heteroatoms. The van der Waals surface area contributed by atoms with Crippen molar-refractivity contribution < 1.29 is 5.11 Å². The van der Waals surface area contributed by atoms with Crippen LogP contribution in [0.3, 0.4) is 0 Å². The van der Waals surface area contributed by atoms with E-state index >= 15 is 0 Å². The minimum atomic E-state index is 0.302. The monoisotopic (exact) mass is 282 g/mol. The maximum Gasteiger partial charge on any atom is 0.191 e. The van der Waals surface area contributed by atoms with Crippen LogP contribution >= 0.6 is 11.8 Å². The summed E-state index contributed by atoms with van der Waals surface area (Å²) in [5.74, 6) is 2.33. The molecule has 19 heavy (non-hydrogen) atoms. The molecule has 2 rings (SSSR count). The van der Waals surface area contributed by atoms with Crippen molar-refractivity contribution in [3.05, 3.63) is 6.07 Å². The number of aliphatic hydroxyl groups is 1. The first-order valence-corrected chi connectivity index (χ1v) is 8.02. The van der Waals surface area contributed by atoms with Gasteiger partial charge in [0, 0.05) is 32.3 Å². The summed E-state index contributed by atoms with van der Waals surface area (Å²) in [7, 11) is 0. The number of hydrogen-bond acceptors (Lipinski definition) is 6. The number of nitrogens with one attached hydrogen (secondary N) is 1. The zero-order valence-corrected chi connectivity index (χ0v) is 12.4. The maximum absolute atomic E-state index is 9.19. The van der Waals surface area contributed by atoms with Crippen molar-refractivity contribution in [1.82, 2.24) is 9.97 Å². The SMILES string of the molecule is CCNc1cc(N2CCC(CO)CC2)nc(SC)n1. The summed E-state index contributed by atoms with van der Waals surface area (Å²) < 4.78 is 0. The van der Waals surface area contributed by atoms with Crippen LogP contribution in [0.2, 0.25) is 0 Å². The Bertz CT molecular complexity index is 408. The fourth-order valence-corrected chi connectivity index (χ4v) is 2.66. The molecular formula is C13H22N4OS. The number of nitrogens with zero attached hydrogens (tertiary/aromatic N) is 3. The van der Waals surface area contributed by atoms with Crippen molar-refractivity contribution in [2.45, 2.75) is 24.9 Å². The number of hydrogen-bond donors (Lipinski definition) is 2. The average molecular weight is 282 g/mol. The van der Waals surface area contributed by atoms with Gasteiger partial charge < -0.3 is 15.3 Å². The lowest BCUT2D eigenvalue weighted by molar-refractivity contribution is 0.202. The van der Waals surface area contributed by atoms with Gasteiger partial charge in [-0.05, 0) is 31.9 Å². The quantitative estimate of drug-likeness (QED) is 0.635. The third-order valence-corrected chi connectivity index (χ3v) is 3.98. The molecule has 1 aliphatic rings. The van der Waals surface area contributed by atoms with Gasteiger partial charge in [0.2, 0.25) is 0 Å². The predicted molar refractivity (Wildman–Crippen MR) is 80.0 cm³/mol. The Morgan fingerprint density at radius 1 is 1.42 bits per heavy atom. The highest BCUT2D eigenvalue weighted by molar-refractivity contribution is 7.98. The molecule has 0 spiro atoms. The fourth-order valence-electron chi connectivity index (χ4n) is 2.28. The van der Waals surface area contributed by atoms with Crippen LogP contribution in [-0.4, -0.2) is 47.6 Å². The van der Waals surface area contributed by atoms with E-state index in [1.165, 1.54) is 0 Å². The van der Waals surface area contributed by atoms with E-state index in [1.807, 2.05) is 12.3 Å². The van der Waals surface area contributed by atoms with E-state index in [0.717, 1.165) is 49.3 Å². The van der Waals surface area contributed by atoms with Gasteiger partial charge in [-0.25, -0.2) is 9.97 Å². The van der Waals surface area contributed by atoms with Gasteiger partial charge >= 0.3 is 0 Å². The normalized spacial score (nSPS) is 16.7. The van der Waals surface area contributed by atoms with Crippen molar-refractivity contribution in [1.29, 1.82) is 0 Å². The molecule has 1 fully saturated rings. The summed E-state index contributed by atoms with van der Waals surface area (Å²) in [5.41, 5.74) is 0. The zero-order chi connectivity index (χ0) is 13.7. The highest BCUT2D eigenvalue weighted by Crippen LogP contribution is 2.25. The molecule has 106 valence electrons. The van der Waals surface area contributed by atoms with Gasteiger partial charge in [0.25, 0.3) is 0 Å². The van der Waals surface area contributed by atoms with E-state index in [1.54, 1.807) is 11.8 Å². The molecule has 0 radical (unpaired) electrons. The molecule has 0 atom stereocenters. The third kappa shape index (κ3) is 3.73. The first kappa shape index (κ1) is 14.4. The molecule has 0 unspecified atom stereocenters. The second-order valence-electron chi connectivity index (χ2n) is 4.74. The minimum Gasteiger partial charge on any atom is -0.396 e. The van der Waals surface area contributed by atoms with Crippen LogP contribution in [0.1, 0.15) is 19.8 Å². The van der Waals surface area contributed by atoms with E-state index in [9.17, 15) is 5.11 Å². The number of piperidine rings is 1. The van der Waals surface area contributed by atoms with Gasteiger partial charge in [0.15, 0.2) is 5.16 Å². The highest BCUT2D eigenvalue weighted by atomic mass is 32.2. The summed E-state index contributed by atoms with van der Waals surface area (Å²) in [6.07, 6.45) is 4.06. The Kier molecular flexibility index (Phi) is 5.27. The smallest absolute Gasteiger partial charge is 0.191 e. The standard InChI is InChI=1S/C13H22N4OS/c1-3-14-11-8-12(16-13(15-11)19-2)17-6-4-10(9-18)5-7-17/h8,10,18H,3-7,9H2,1-2H3,(H,14,15,16). The van der Waals surface area contributed by atoms with Gasteiger partial charge in [0.05, 0.1) is 0 Å². The van der Waals surface area contributed by atoms with Gasteiger partial charge in [-0.2, -0.15) is 0 Å². The largest absolute Gasteiger partial charge is 0.396 e. The lowest BCUT2D eigenvalue weighted by atomic mass is 9.98. The van der Waals surface area contributed by atoms with Crippen LogP contribution in [0.25, 0.3) is 0 Å². The van der Waals surface area contributed by atoms with E-state index in [0.29, 0.717) is 12.5 Å². The average Bonchev–Trinajstić information content (AvgIpc) is 2.47. The predicted octanol–water partition coefficient (Wildman–Crippen LogP) is 1.84. The molecule has 0 saturated carbocycles. The molecule has 0 aromatic carbocycles. The molecule has 1 saturated heterocycles. The summed E-state index contributed by atoms with van der Waals surface area (Å²) >= 11 is 1.56. The summed E-state index contributed by atoms with van der Waals surface area (Å²) in [5, 5.41) is 13.2. The number of anilines is 2. The Morgan fingerprint density at radius 2 is 2.16 bits per heavy atom. The van der Waals surface area contributed by atoms with Crippen LogP contribution < -0.4 is 10.2 Å². The van der Waals surface area contributed by atoms with Gasteiger partial charge in [-0.1, -0.05) is 11.8 Å². The Labute approximate surface area is 118 Å². The molecular weight excluding hydrogens is 260 g/mol. The fraction of sp³-hybridized carbons (Fsp3) is 0.692. The van der Waals surface area contributed by atoms with Gasteiger partial charge in [0.1, 0.15) is 11.6 Å². The summed E-state index contributed by atoms with van der Waals surface area (Å²) in [4.78, 5) is 11.3. The molecule has 0 amide bonds. The molecule has 2 N–H and O–H groups in total. The maximum atomic E-state index is 9.19. The van der Waals surface area contributed by atoms with Gasteiger partial charge in [-0.15, -0.1) is 0 Å². The van der Waals surface area contributed by atoms with E-state index in [4.69, 9.17) is 0 Å².